The number of carbonyl (C=O) groups excluding carboxylic acids is 1. The van der Waals surface area contributed by atoms with Crippen molar-refractivity contribution in [2.24, 2.45) is 11.0 Å². The predicted octanol–water partition coefficient (Wildman–Crippen LogP) is 3.09. The summed E-state index contributed by atoms with van der Waals surface area (Å²) in [5.41, 5.74) is 4.92. The summed E-state index contributed by atoms with van der Waals surface area (Å²) in [6, 6.07) is 8.19. The Morgan fingerprint density at radius 1 is 1.22 bits per heavy atom. The summed E-state index contributed by atoms with van der Waals surface area (Å²) in [5.74, 6) is -0.122. The van der Waals surface area contributed by atoms with Crippen molar-refractivity contribution in [3.05, 3.63) is 35.4 Å². The van der Waals surface area contributed by atoms with Crippen molar-refractivity contribution in [1.82, 2.24) is 5.43 Å². The van der Waals surface area contributed by atoms with Crippen molar-refractivity contribution >= 4 is 12.1 Å². The molecule has 0 heterocycles. The van der Waals surface area contributed by atoms with Crippen LogP contribution in [-0.2, 0) is 10.2 Å². The van der Waals surface area contributed by atoms with E-state index in [4.69, 9.17) is 0 Å². The van der Waals surface area contributed by atoms with E-state index < -0.39 is 0 Å². The Hall–Kier alpha value is -1.64. The van der Waals surface area contributed by atoms with Crippen LogP contribution in [0, 0.1) is 5.92 Å². The second-order valence-electron chi connectivity index (χ2n) is 5.76. The van der Waals surface area contributed by atoms with Crippen molar-refractivity contribution in [2.45, 2.75) is 40.0 Å². The van der Waals surface area contributed by atoms with Gasteiger partial charge in [-0.1, -0.05) is 58.9 Å². The first-order valence-corrected chi connectivity index (χ1v) is 6.24. The summed E-state index contributed by atoms with van der Waals surface area (Å²) in [4.78, 5) is 11.3. The number of carbonyl (C=O) groups is 1. The van der Waals surface area contributed by atoms with Crippen LogP contribution in [0.15, 0.2) is 29.4 Å². The van der Waals surface area contributed by atoms with Crippen molar-refractivity contribution in [3.63, 3.8) is 0 Å². The Kier molecular flexibility index (Phi) is 4.65. The van der Waals surface area contributed by atoms with Gasteiger partial charge in [0.25, 0.3) is 0 Å². The molecule has 0 aromatic heterocycles. The summed E-state index contributed by atoms with van der Waals surface area (Å²) in [6.07, 6.45) is 1.66. The second-order valence-corrected chi connectivity index (χ2v) is 5.76. The summed E-state index contributed by atoms with van der Waals surface area (Å²) in [6.45, 7) is 10.2. The van der Waals surface area contributed by atoms with E-state index in [9.17, 15) is 4.79 Å². The molecule has 0 atom stereocenters. The summed E-state index contributed by atoms with van der Waals surface area (Å²) >= 11 is 0. The number of nitrogens with zero attached hydrogens (tertiary/aromatic N) is 1. The minimum atomic E-state index is -0.0717. The first-order valence-electron chi connectivity index (χ1n) is 6.24. The van der Waals surface area contributed by atoms with Crippen molar-refractivity contribution in [3.8, 4) is 0 Å². The van der Waals surface area contributed by atoms with Crippen LogP contribution in [0.4, 0.5) is 0 Å². The summed E-state index contributed by atoms with van der Waals surface area (Å²) in [5, 5.41) is 3.93. The highest BCUT2D eigenvalue weighted by Crippen LogP contribution is 2.21. The third-order valence-electron chi connectivity index (χ3n) is 2.69. The topological polar surface area (TPSA) is 41.5 Å². The van der Waals surface area contributed by atoms with Crippen LogP contribution in [-0.4, -0.2) is 12.1 Å². The lowest BCUT2D eigenvalue weighted by atomic mass is 9.87. The summed E-state index contributed by atoms with van der Waals surface area (Å²) in [7, 11) is 0. The second kappa shape index (κ2) is 5.80. The molecule has 0 fully saturated rings. The number of hydrogen-bond acceptors (Lipinski definition) is 2. The van der Waals surface area contributed by atoms with Gasteiger partial charge in [-0.3, -0.25) is 4.79 Å². The van der Waals surface area contributed by atoms with Gasteiger partial charge in [0.15, 0.2) is 0 Å². The van der Waals surface area contributed by atoms with E-state index in [0.29, 0.717) is 0 Å². The summed E-state index contributed by atoms with van der Waals surface area (Å²) < 4.78 is 0. The van der Waals surface area contributed by atoms with Crippen LogP contribution < -0.4 is 5.43 Å². The lowest BCUT2D eigenvalue weighted by Crippen LogP contribution is -2.22. The fourth-order valence-electron chi connectivity index (χ4n) is 1.37. The highest BCUT2D eigenvalue weighted by molar-refractivity contribution is 5.83. The van der Waals surface area contributed by atoms with Gasteiger partial charge in [0.2, 0.25) is 5.91 Å². The molecule has 1 aromatic carbocycles. The minimum Gasteiger partial charge on any atom is -0.273 e. The van der Waals surface area contributed by atoms with E-state index in [1.807, 2.05) is 26.0 Å². The minimum absolute atomic E-state index is 0.0505. The van der Waals surface area contributed by atoms with Gasteiger partial charge in [0, 0.05) is 5.92 Å². The van der Waals surface area contributed by atoms with Crippen molar-refractivity contribution in [1.29, 1.82) is 0 Å². The molecule has 3 nitrogen and oxygen atoms in total. The maximum atomic E-state index is 11.3. The normalized spacial score (nSPS) is 12.1. The molecule has 0 unspecified atom stereocenters. The molecule has 18 heavy (non-hydrogen) atoms. The van der Waals surface area contributed by atoms with E-state index in [-0.39, 0.29) is 17.2 Å². The zero-order valence-corrected chi connectivity index (χ0v) is 11.8. The van der Waals surface area contributed by atoms with Crippen LogP contribution in [0.1, 0.15) is 45.7 Å². The van der Waals surface area contributed by atoms with Gasteiger partial charge >= 0.3 is 0 Å². The Labute approximate surface area is 109 Å². The number of nitrogens with one attached hydrogen (secondary N) is 1. The van der Waals surface area contributed by atoms with Crippen LogP contribution in [0.5, 0.6) is 0 Å². The smallest absolute Gasteiger partial charge is 0.242 e. The largest absolute Gasteiger partial charge is 0.273 e. The zero-order chi connectivity index (χ0) is 13.8. The Morgan fingerprint density at radius 3 is 2.22 bits per heavy atom. The lowest BCUT2D eigenvalue weighted by molar-refractivity contribution is -0.123. The molecule has 1 amide bonds. The van der Waals surface area contributed by atoms with E-state index in [0.717, 1.165) is 5.56 Å². The molecular weight excluding hydrogens is 224 g/mol. The number of amides is 1. The third-order valence-corrected chi connectivity index (χ3v) is 2.69. The quantitative estimate of drug-likeness (QED) is 0.646. The SMILES string of the molecule is CC(C)C(=O)N/N=C/c1ccc(C(C)(C)C)cc1. The molecule has 0 aliphatic rings. The molecule has 0 aliphatic carbocycles. The standard InChI is InChI=1S/C15H22N2O/c1-11(2)14(18)17-16-10-12-6-8-13(9-7-12)15(3,4)5/h6-11H,1-5H3,(H,17,18)/b16-10+. The van der Waals surface area contributed by atoms with Gasteiger partial charge in [-0.2, -0.15) is 5.10 Å². The van der Waals surface area contributed by atoms with Gasteiger partial charge in [-0.15, -0.1) is 0 Å². The van der Waals surface area contributed by atoms with Crippen LogP contribution in [0.25, 0.3) is 0 Å². The highest BCUT2D eigenvalue weighted by Gasteiger charge is 2.12. The average Bonchev–Trinajstić information content (AvgIpc) is 2.28. The molecule has 1 N–H and O–H groups in total. The third kappa shape index (κ3) is 4.32. The van der Waals surface area contributed by atoms with E-state index in [2.05, 4.69) is 43.4 Å². The molecule has 0 bridgehead atoms. The fourth-order valence-corrected chi connectivity index (χ4v) is 1.37. The Bertz CT molecular complexity index is 425. The molecule has 0 aliphatic heterocycles. The molecule has 98 valence electrons. The van der Waals surface area contributed by atoms with Gasteiger partial charge < -0.3 is 0 Å². The van der Waals surface area contributed by atoms with Crippen molar-refractivity contribution in [2.75, 3.05) is 0 Å². The fraction of sp³-hybridized carbons (Fsp3) is 0.467. The van der Waals surface area contributed by atoms with Crippen LogP contribution >= 0.6 is 0 Å². The van der Waals surface area contributed by atoms with E-state index in [1.165, 1.54) is 5.56 Å². The first-order chi connectivity index (χ1) is 8.30. The van der Waals surface area contributed by atoms with E-state index >= 15 is 0 Å². The molecule has 0 spiro atoms. The molecule has 1 aromatic rings. The van der Waals surface area contributed by atoms with Crippen molar-refractivity contribution < 1.29 is 4.79 Å². The van der Waals surface area contributed by atoms with Gasteiger partial charge in [-0.25, -0.2) is 5.43 Å². The Morgan fingerprint density at radius 2 is 1.78 bits per heavy atom. The van der Waals surface area contributed by atoms with Gasteiger partial charge in [0.05, 0.1) is 6.21 Å². The lowest BCUT2D eigenvalue weighted by Gasteiger charge is -2.18. The van der Waals surface area contributed by atoms with Gasteiger partial charge in [0.1, 0.15) is 0 Å². The monoisotopic (exact) mass is 246 g/mol. The maximum absolute atomic E-state index is 11.3. The molecule has 0 radical (unpaired) electrons. The number of benzene rings is 1. The number of rotatable bonds is 3. The molecular formula is C15H22N2O. The number of hydrazone groups is 1. The Balaban J connectivity index is 2.64. The van der Waals surface area contributed by atoms with Gasteiger partial charge in [-0.05, 0) is 16.5 Å². The van der Waals surface area contributed by atoms with Crippen LogP contribution in [0.3, 0.4) is 0 Å². The molecule has 0 saturated heterocycles. The number of hydrogen-bond donors (Lipinski definition) is 1. The van der Waals surface area contributed by atoms with Crippen LogP contribution in [0.2, 0.25) is 0 Å². The zero-order valence-electron chi connectivity index (χ0n) is 11.8. The molecule has 1 rings (SSSR count). The molecule has 3 heteroatoms. The first kappa shape index (κ1) is 14.4. The molecule has 0 saturated carbocycles. The highest BCUT2D eigenvalue weighted by atomic mass is 16.2. The maximum Gasteiger partial charge on any atom is 0.242 e. The average molecular weight is 246 g/mol. The predicted molar refractivity (Wildman–Crippen MR) is 75.7 cm³/mol. The van der Waals surface area contributed by atoms with E-state index in [1.54, 1.807) is 6.21 Å².